The maximum Gasteiger partial charge on any atom is 0.303 e. The highest BCUT2D eigenvalue weighted by atomic mass is 32.1. The Labute approximate surface area is 96.4 Å². The first-order chi connectivity index (χ1) is 7.66. The van der Waals surface area contributed by atoms with Gasteiger partial charge in [0.15, 0.2) is 0 Å². The monoisotopic (exact) mass is 237 g/mol. The van der Waals surface area contributed by atoms with Crippen molar-refractivity contribution < 1.29 is 9.90 Å². The number of aliphatic carboxylic acids is 1. The van der Waals surface area contributed by atoms with Gasteiger partial charge >= 0.3 is 5.97 Å². The van der Waals surface area contributed by atoms with Crippen molar-refractivity contribution in [3.8, 4) is 10.7 Å². The topological polar surface area (TPSA) is 68.0 Å². The van der Waals surface area contributed by atoms with E-state index in [2.05, 4.69) is 10.1 Å². The molecule has 0 amide bonds. The summed E-state index contributed by atoms with van der Waals surface area (Å²) in [6.45, 7) is 0. The number of thiazole rings is 1. The molecule has 1 N–H and O–H groups in total. The van der Waals surface area contributed by atoms with Crippen LogP contribution in [0.5, 0.6) is 0 Å². The summed E-state index contributed by atoms with van der Waals surface area (Å²) in [5.41, 5.74) is 1.77. The number of nitrogens with zero attached hydrogens (tertiary/aromatic N) is 3. The zero-order valence-corrected chi connectivity index (χ0v) is 9.57. The first kappa shape index (κ1) is 10.8. The van der Waals surface area contributed by atoms with Crippen LogP contribution in [0.4, 0.5) is 0 Å². The van der Waals surface area contributed by atoms with Crippen LogP contribution in [0.15, 0.2) is 17.6 Å². The van der Waals surface area contributed by atoms with Gasteiger partial charge in [0.2, 0.25) is 0 Å². The van der Waals surface area contributed by atoms with Crippen LogP contribution in [0.25, 0.3) is 10.7 Å². The van der Waals surface area contributed by atoms with Crippen molar-refractivity contribution in [2.24, 2.45) is 7.05 Å². The van der Waals surface area contributed by atoms with E-state index in [1.165, 1.54) is 11.3 Å². The van der Waals surface area contributed by atoms with Gasteiger partial charge in [-0.15, -0.1) is 11.3 Å². The number of carbonyl (C=O) groups is 1. The molecule has 0 fully saturated rings. The predicted octanol–water partition coefficient (Wildman–Crippen LogP) is 1.56. The molecule has 0 saturated heterocycles. The summed E-state index contributed by atoms with van der Waals surface area (Å²) in [5.74, 6) is -0.796. The van der Waals surface area contributed by atoms with E-state index in [9.17, 15) is 4.79 Å². The van der Waals surface area contributed by atoms with Gasteiger partial charge in [0.1, 0.15) is 5.01 Å². The van der Waals surface area contributed by atoms with Crippen molar-refractivity contribution in [1.82, 2.24) is 14.8 Å². The molecule has 0 aliphatic heterocycles. The molecule has 0 aromatic carbocycles. The standard InChI is InChI=1S/C10H11N3O2S/c1-13-8(4-5-11-13)10-12-7(6-16-10)2-3-9(14)15/h4-6H,2-3H2,1H3,(H,14,15). The average molecular weight is 237 g/mol. The summed E-state index contributed by atoms with van der Waals surface area (Å²) in [4.78, 5) is 14.8. The minimum Gasteiger partial charge on any atom is -0.481 e. The van der Waals surface area contributed by atoms with Gasteiger partial charge in [-0.1, -0.05) is 0 Å². The Bertz CT molecular complexity index is 504. The summed E-state index contributed by atoms with van der Waals surface area (Å²) in [6.07, 6.45) is 2.31. The second kappa shape index (κ2) is 4.44. The molecule has 2 rings (SSSR count). The lowest BCUT2D eigenvalue weighted by Crippen LogP contribution is -1.98. The van der Waals surface area contributed by atoms with E-state index < -0.39 is 5.97 Å². The molecule has 0 aliphatic rings. The molecule has 2 aromatic heterocycles. The highest BCUT2D eigenvalue weighted by molar-refractivity contribution is 7.13. The fraction of sp³-hybridized carbons (Fsp3) is 0.300. The van der Waals surface area contributed by atoms with Crippen molar-refractivity contribution in [2.75, 3.05) is 0 Å². The summed E-state index contributed by atoms with van der Waals surface area (Å²) >= 11 is 1.51. The molecule has 0 saturated carbocycles. The lowest BCUT2D eigenvalue weighted by atomic mass is 10.2. The molecule has 0 unspecified atom stereocenters. The zero-order valence-electron chi connectivity index (χ0n) is 8.75. The smallest absolute Gasteiger partial charge is 0.303 e. The van der Waals surface area contributed by atoms with Gasteiger partial charge in [-0.05, 0) is 6.07 Å². The van der Waals surface area contributed by atoms with Crippen molar-refractivity contribution in [3.05, 3.63) is 23.3 Å². The molecule has 0 spiro atoms. The minimum atomic E-state index is -0.796. The van der Waals surface area contributed by atoms with Crippen LogP contribution in [-0.2, 0) is 18.3 Å². The third kappa shape index (κ3) is 2.27. The molecule has 0 aliphatic carbocycles. The predicted molar refractivity (Wildman–Crippen MR) is 60.3 cm³/mol. The van der Waals surface area contributed by atoms with E-state index in [1.807, 2.05) is 18.5 Å². The van der Waals surface area contributed by atoms with E-state index in [4.69, 9.17) is 5.11 Å². The third-order valence-corrected chi connectivity index (χ3v) is 3.10. The Kier molecular flexibility index (Phi) is 3.00. The number of carboxylic acid groups (broad SMARTS) is 1. The summed E-state index contributed by atoms with van der Waals surface area (Å²) in [6, 6.07) is 1.89. The lowest BCUT2D eigenvalue weighted by Gasteiger charge is -1.95. The molecule has 0 radical (unpaired) electrons. The van der Waals surface area contributed by atoms with Gasteiger partial charge in [-0.25, -0.2) is 4.98 Å². The fourth-order valence-corrected chi connectivity index (χ4v) is 2.27. The number of aromatic nitrogens is 3. The average Bonchev–Trinajstić information content (AvgIpc) is 2.83. The largest absolute Gasteiger partial charge is 0.481 e. The summed E-state index contributed by atoms with van der Waals surface area (Å²) in [7, 11) is 1.85. The van der Waals surface area contributed by atoms with Crippen molar-refractivity contribution >= 4 is 17.3 Å². The van der Waals surface area contributed by atoms with Crippen LogP contribution in [0, 0.1) is 0 Å². The van der Waals surface area contributed by atoms with Gasteiger partial charge in [0.25, 0.3) is 0 Å². The van der Waals surface area contributed by atoms with Gasteiger partial charge in [0, 0.05) is 25.0 Å². The third-order valence-electron chi connectivity index (χ3n) is 2.19. The first-order valence-corrected chi connectivity index (χ1v) is 5.69. The second-order valence-corrected chi connectivity index (χ2v) is 4.24. The van der Waals surface area contributed by atoms with Crippen molar-refractivity contribution in [3.63, 3.8) is 0 Å². The van der Waals surface area contributed by atoms with E-state index >= 15 is 0 Å². The number of carboxylic acids is 1. The summed E-state index contributed by atoms with van der Waals surface area (Å²) < 4.78 is 1.75. The zero-order chi connectivity index (χ0) is 11.5. The van der Waals surface area contributed by atoms with E-state index in [0.29, 0.717) is 6.42 Å². The molecule has 2 heterocycles. The van der Waals surface area contributed by atoms with Crippen molar-refractivity contribution in [2.45, 2.75) is 12.8 Å². The molecule has 6 heteroatoms. The normalized spacial score (nSPS) is 10.6. The van der Waals surface area contributed by atoms with Gasteiger partial charge in [-0.3, -0.25) is 9.48 Å². The highest BCUT2D eigenvalue weighted by Crippen LogP contribution is 2.23. The first-order valence-electron chi connectivity index (χ1n) is 4.81. The Morgan fingerprint density at radius 1 is 1.62 bits per heavy atom. The Balaban J connectivity index is 2.14. The Hall–Kier alpha value is -1.69. The maximum atomic E-state index is 10.4. The Morgan fingerprint density at radius 3 is 3.06 bits per heavy atom. The number of rotatable bonds is 4. The van der Waals surface area contributed by atoms with Crippen LogP contribution in [0.2, 0.25) is 0 Å². The van der Waals surface area contributed by atoms with Crippen LogP contribution in [-0.4, -0.2) is 25.8 Å². The minimum absolute atomic E-state index is 0.120. The molecule has 0 atom stereocenters. The molecular weight excluding hydrogens is 226 g/mol. The fourth-order valence-electron chi connectivity index (χ4n) is 1.36. The molecule has 5 nitrogen and oxygen atoms in total. The molecular formula is C10H11N3O2S. The van der Waals surface area contributed by atoms with Gasteiger partial charge in [-0.2, -0.15) is 5.10 Å². The Morgan fingerprint density at radius 2 is 2.44 bits per heavy atom. The maximum absolute atomic E-state index is 10.4. The van der Waals surface area contributed by atoms with Gasteiger partial charge in [0.05, 0.1) is 17.8 Å². The summed E-state index contributed by atoms with van der Waals surface area (Å²) in [5, 5.41) is 15.4. The number of hydrogen-bond donors (Lipinski definition) is 1. The van der Waals surface area contributed by atoms with Crippen LogP contribution < -0.4 is 0 Å². The van der Waals surface area contributed by atoms with E-state index in [0.717, 1.165) is 16.4 Å². The quantitative estimate of drug-likeness (QED) is 0.876. The molecule has 84 valence electrons. The van der Waals surface area contributed by atoms with E-state index in [-0.39, 0.29) is 6.42 Å². The van der Waals surface area contributed by atoms with Crippen LogP contribution in [0.1, 0.15) is 12.1 Å². The van der Waals surface area contributed by atoms with E-state index in [1.54, 1.807) is 10.9 Å². The van der Waals surface area contributed by atoms with Crippen molar-refractivity contribution in [1.29, 1.82) is 0 Å². The lowest BCUT2D eigenvalue weighted by molar-refractivity contribution is -0.136. The molecule has 0 bridgehead atoms. The molecule has 2 aromatic rings. The van der Waals surface area contributed by atoms with Crippen LogP contribution in [0.3, 0.4) is 0 Å². The molecule has 16 heavy (non-hydrogen) atoms. The number of aryl methyl sites for hydroxylation is 2. The SMILES string of the molecule is Cn1nccc1-c1nc(CCC(=O)O)cs1. The van der Waals surface area contributed by atoms with Gasteiger partial charge < -0.3 is 5.11 Å². The second-order valence-electron chi connectivity index (χ2n) is 3.38. The van der Waals surface area contributed by atoms with Crippen LogP contribution >= 0.6 is 11.3 Å². The highest BCUT2D eigenvalue weighted by Gasteiger charge is 2.08. The number of hydrogen-bond acceptors (Lipinski definition) is 4.